The van der Waals surface area contributed by atoms with Gasteiger partial charge < -0.3 is 25.7 Å². The third-order valence-corrected chi connectivity index (χ3v) is 7.31. The monoisotopic (exact) mass is 568 g/mol. The van der Waals surface area contributed by atoms with Crippen molar-refractivity contribution in [3.8, 4) is 11.8 Å². The fourth-order valence-corrected chi connectivity index (χ4v) is 5.06. The second-order valence-electron chi connectivity index (χ2n) is 9.88. The lowest BCUT2D eigenvalue weighted by molar-refractivity contribution is -0.119. The first-order valence-electron chi connectivity index (χ1n) is 13.2. The molecule has 2 unspecified atom stereocenters. The fourth-order valence-electron chi connectivity index (χ4n) is 4.93. The quantitative estimate of drug-likeness (QED) is 0.265. The van der Waals surface area contributed by atoms with Crippen molar-refractivity contribution in [3.63, 3.8) is 0 Å². The van der Waals surface area contributed by atoms with Crippen LogP contribution in [0.1, 0.15) is 50.8 Å². The molecule has 2 heterocycles. The van der Waals surface area contributed by atoms with E-state index in [4.69, 9.17) is 22.1 Å². The molecule has 208 valence electrons. The number of imidazole rings is 1. The van der Waals surface area contributed by atoms with Crippen molar-refractivity contribution in [3.05, 3.63) is 118 Å². The van der Waals surface area contributed by atoms with Gasteiger partial charge in [0.05, 0.1) is 35.8 Å². The second kappa shape index (κ2) is 12.7. The number of nitrogens with zero attached hydrogens (tertiary/aromatic N) is 3. The van der Waals surface area contributed by atoms with Crippen LogP contribution in [0.15, 0.2) is 79.3 Å². The van der Waals surface area contributed by atoms with Gasteiger partial charge in [-0.2, -0.15) is 5.26 Å². The molecule has 1 aromatic heterocycles. The number of benzene rings is 3. The standard InChI is InChI=1S/C31H29ClN6O3/c32-23-9-7-20(8-10-23)14-28(30(34)39)37-31(40)26-6-2-5-25-27(11-12-41-29(25)26)36-17-24-16-35-19-38(24)18-22-4-1-3-21(13-22)15-33/h1-10,13,16,19,27-28,36H,11-12,14,17-18H2,(H2,34,39)(H,37,40). The number of halogens is 1. The summed E-state index contributed by atoms with van der Waals surface area (Å²) in [4.78, 5) is 29.8. The maximum absolute atomic E-state index is 13.3. The molecule has 1 aliphatic heterocycles. The summed E-state index contributed by atoms with van der Waals surface area (Å²) in [6.45, 7) is 1.57. The molecule has 0 fully saturated rings. The molecule has 0 radical (unpaired) electrons. The van der Waals surface area contributed by atoms with Gasteiger partial charge in [0, 0.05) is 48.8 Å². The van der Waals surface area contributed by atoms with Crippen LogP contribution in [-0.2, 0) is 24.3 Å². The summed E-state index contributed by atoms with van der Waals surface area (Å²) in [6.07, 6.45) is 4.55. The minimum atomic E-state index is -0.897. The van der Waals surface area contributed by atoms with Crippen molar-refractivity contribution >= 4 is 23.4 Å². The predicted molar refractivity (Wildman–Crippen MR) is 154 cm³/mol. The highest BCUT2D eigenvalue weighted by atomic mass is 35.5. The number of primary amides is 1. The third kappa shape index (κ3) is 6.74. The normalized spacial score (nSPS) is 14.8. The molecule has 0 saturated carbocycles. The third-order valence-electron chi connectivity index (χ3n) is 7.06. The molecule has 2 atom stereocenters. The van der Waals surface area contributed by atoms with Gasteiger partial charge in [-0.05, 0) is 41.5 Å². The van der Waals surface area contributed by atoms with Gasteiger partial charge in [-0.3, -0.25) is 9.59 Å². The Labute approximate surface area is 242 Å². The fraction of sp³-hybridized carbons (Fsp3) is 0.226. The zero-order chi connectivity index (χ0) is 28.8. The highest BCUT2D eigenvalue weighted by Crippen LogP contribution is 2.35. The number of amides is 2. The molecule has 5 rings (SSSR count). The number of carbonyl (C=O) groups is 2. The lowest BCUT2D eigenvalue weighted by Crippen LogP contribution is -2.46. The summed E-state index contributed by atoms with van der Waals surface area (Å²) >= 11 is 5.96. The molecule has 1 aliphatic rings. The highest BCUT2D eigenvalue weighted by molar-refractivity contribution is 6.30. The van der Waals surface area contributed by atoms with Crippen LogP contribution in [0.3, 0.4) is 0 Å². The summed E-state index contributed by atoms with van der Waals surface area (Å²) in [5, 5.41) is 16.1. The Kier molecular flexibility index (Phi) is 8.63. The molecule has 4 aromatic rings. The van der Waals surface area contributed by atoms with E-state index in [1.807, 2.05) is 41.1 Å². The molecule has 0 spiro atoms. The van der Waals surface area contributed by atoms with Crippen LogP contribution < -0.4 is 21.1 Å². The molecule has 2 amide bonds. The average Bonchev–Trinajstić information content (AvgIpc) is 3.43. The van der Waals surface area contributed by atoms with Crippen molar-refractivity contribution in [2.75, 3.05) is 6.61 Å². The number of nitrogens with one attached hydrogen (secondary N) is 2. The summed E-state index contributed by atoms with van der Waals surface area (Å²) in [6, 6.07) is 21.2. The van der Waals surface area contributed by atoms with Gasteiger partial charge in [0.2, 0.25) is 5.91 Å². The molecule has 9 nitrogen and oxygen atoms in total. The number of nitriles is 1. The molecule has 3 aromatic carbocycles. The number of para-hydroxylation sites is 1. The van der Waals surface area contributed by atoms with E-state index < -0.39 is 17.9 Å². The zero-order valence-corrected chi connectivity index (χ0v) is 23.0. The van der Waals surface area contributed by atoms with Gasteiger partial charge >= 0.3 is 0 Å². The Morgan fingerprint density at radius 1 is 1.15 bits per heavy atom. The van der Waals surface area contributed by atoms with Crippen molar-refractivity contribution in [2.45, 2.75) is 38.0 Å². The summed E-state index contributed by atoms with van der Waals surface area (Å²) in [5.41, 5.74) is 10.3. The van der Waals surface area contributed by atoms with Crippen LogP contribution in [-0.4, -0.2) is 34.0 Å². The van der Waals surface area contributed by atoms with Crippen molar-refractivity contribution in [1.82, 2.24) is 20.2 Å². The van der Waals surface area contributed by atoms with Crippen molar-refractivity contribution < 1.29 is 14.3 Å². The molecule has 0 aliphatic carbocycles. The first-order chi connectivity index (χ1) is 19.9. The molecule has 10 heteroatoms. The lowest BCUT2D eigenvalue weighted by Gasteiger charge is -2.28. The smallest absolute Gasteiger partial charge is 0.255 e. The molecule has 41 heavy (non-hydrogen) atoms. The second-order valence-corrected chi connectivity index (χ2v) is 10.3. The van der Waals surface area contributed by atoms with Crippen LogP contribution >= 0.6 is 11.6 Å². The zero-order valence-electron chi connectivity index (χ0n) is 22.2. The van der Waals surface area contributed by atoms with Crippen LogP contribution in [0.2, 0.25) is 5.02 Å². The summed E-state index contributed by atoms with van der Waals surface area (Å²) in [7, 11) is 0. The van der Waals surface area contributed by atoms with E-state index in [0.29, 0.717) is 41.6 Å². The number of carbonyl (C=O) groups excluding carboxylic acids is 2. The van der Waals surface area contributed by atoms with Gasteiger partial charge in [0.25, 0.3) is 5.91 Å². The van der Waals surface area contributed by atoms with E-state index >= 15 is 0 Å². The minimum Gasteiger partial charge on any atom is -0.492 e. The largest absolute Gasteiger partial charge is 0.492 e. The van der Waals surface area contributed by atoms with E-state index in [-0.39, 0.29) is 12.5 Å². The number of hydrogen-bond donors (Lipinski definition) is 3. The maximum Gasteiger partial charge on any atom is 0.255 e. The SMILES string of the molecule is N#Cc1cccc(Cn2cncc2CNC2CCOc3c(C(=O)NC(Cc4ccc(Cl)cc4)C(N)=O)cccc32)c1. The number of fused-ring (bicyclic) bond motifs is 1. The Morgan fingerprint density at radius 2 is 1.95 bits per heavy atom. The molecule has 0 saturated heterocycles. The Hall–Kier alpha value is -4.65. The Bertz CT molecular complexity index is 1590. The predicted octanol–water partition coefficient (Wildman–Crippen LogP) is 3.90. The van der Waals surface area contributed by atoms with Crippen LogP contribution in [0.4, 0.5) is 0 Å². The summed E-state index contributed by atoms with van der Waals surface area (Å²) in [5.74, 6) is -0.572. The summed E-state index contributed by atoms with van der Waals surface area (Å²) < 4.78 is 8.01. The van der Waals surface area contributed by atoms with E-state index in [1.54, 1.807) is 42.7 Å². The van der Waals surface area contributed by atoms with Gasteiger partial charge in [-0.1, -0.05) is 48.0 Å². The number of hydrogen-bond acceptors (Lipinski definition) is 6. The lowest BCUT2D eigenvalue weighted by atomic mass is 9.96. The Morgan fingerprint density at radius 3 is 2.73 bits per heavy atom. The number of rotatable bonds is 10. The number of nitrogens with two attached hydrogens (primary N) is 1. The molecular weight excluding hydrogens is 540 g/mol. The first kappa shape index (κ1) is 27.9. The van der Waals surface area contributed by atoms with Crippen LogP contribution in [0.5, 0.6) is 5.75 Å². The topological polar surface area (TPSA) is 135 Å². The van der Waals surface area contributed by atoms with Gasteiger partial charge in [0.15, 0.2) is 0 Å². The molecular formula is C31H29ClN6O3. The van der Waals surface area contributed by atoms with E-state index in [9.17, 15) is 14.9 Å². The van der Waals surface area contributed by atoms with Gasteiger partial charge in [0.1, 0.15) is 11.8 Å². The maximum atomic E-state index is 13.3. The van der Waals surface area contributed by atoms with Crippen molar-refractivity contribution in [1.29, 1.82) is 5.26 Å². The van der Waals surface area contributed by atoms with E-state index in [0.717, 1.165) is 28.8 Å². The van der Waals surface area contributed by atoms with Crippen LogP contribution in [0.25, 0.3) is 0 Å². The number of ether oxygens (including phenoxy) is 1. The van der Waals surface area contributed by atoms with Gasteiger partial charge in [-0.25, -0.2) is 4.98 Å². The average molecular weight is 569 g/mol. The van der Waals surface area contributed by atoms with E-state index in [2.05, 4.69) is 21.7 Å². The molecule has 0 bridgehead atoms. The van der Waals surface area contributed by atoms with Gasteiger partial charge in [-0.15, -0.1) is 0 Å². The number of aromatic nitrogens is 2. The van der Waals surface area contributed by atoms with E-state index in [1.165, 1.54) is 0 Å². The first-order valence-corrected chi connectivity index (χ1v) is 13.6. The Balaban J connectivity index is 1.28. The molecule has 4 N–H and O–H groups in total. The highest BCUT2D eigenvalue weighted by Gasteiger charge is 2.28. The minimum absolute atomic E-state index is 0.0576. The van der Waals surface area contributed by atoms with Crippen molar-refractivity contribution in [2.24, 2.45) is 5.73 Å². The van der Waals surface area contributed by atoms with Crippen LogP contribution in [0, 0.1) is 11.3 Å².